The van der Waals surface area contributed by atoms with Crippen LogP contribution in [0.2, 0.25) is 15.1 Å². The topological polar surface area (TPSA) is 78.9 Å². The molecule has 0 aliphatic rings. The maximum Gasteiger partial charge on any atom is 0.282 e. The fourth-order valence-electron chi connectivity index (χ4n) is 4.41. The van der Waals surface area contributed by atoms with Crippen molar-refractivity contribution in [3.8, 4) is 23.1 Å². The third-order valence-corrected chi connectivity index (χ3v) is 7.83. The molecule has 6 rings (SSSR count). The molecule has 0 amide bonds. The molecule has 7 nitrogen and oxygen atoms in total. The first-order valence-electron chi connectivity index (χ1n) is 12.5. The van der Waals surface area contributed by atoms with Crippen molar-refractivity contribution >= 4 is 78.8 Å². The predicted molar refractivity (Wildman–Crippen MR) is 171 cm³/mol. The Hall–Kier alpha value is -3.82. The van der Waals surface area contributed by atoms with Gasteiger partial charge in [-0.1, -0.05) is 68.9 Å². The number of furan rings is 1. The lowest BCUT2D eigenvalue weighted by molar-refractivity contribution is 0.284. The lowest BCUT2D eigenvalue weighted by atomic mass is 10.2. The Bertz CT molecular complexity index is 2070. The van der Waals surface area contributed by atoms with Crippen LogP contribution < -0.4 is 15.0 Å². The fraction of sp³-hybridized carbons (Fsp3) is 0.0645. The molecule has 0 saturated heterocycles. The van der Waals surface area contributed by atoms with Crippen LogP contribution in [-0.4, -0.2) is 23.0 Å². The van der Waals surface area contributed by atoms with E-state index in [2.05, 4.69) is 21.0 Å². The van der Waals surface area contributed by atoms with Gasteiger partial charge in [0.2, 0.25) is 5.82 Å². The molecule has 42 heavy (non-hydrogen) atoms. The van der Waals surface area contributed by atoms with Crippen LogP contribution in [0.15, 0.2) is 97.6 Å². The van der Waals surface area contributed by atoms with Crippen LogP contribution in [0.1, 0.15) is 11.1 Å². The molecule has 0 radical (unpaired) electrons. The zero-order chi connectivity index (χ0) is 29.4. The second kappa shape index (κ2) is 11.8. The summed E-state index contributed by atoms with van der Waals surface area (Å²) in [6.45, 7) is 0.181. The summed E-state index contributed by atoms with van der Waals surface area (Å²) in [7, 11) is 1.54. The minimum absolute atomic E-state index is 0.181. The van der Waals surface area contributed by atoms with Crippen LogP contribution in [0.5, 0.6) is 11.5 Å². The van der Waals surface area contributed by atoms with E-state index in [4.69, 9.17) is 53.7 Å². The van der Waals surface area contributed by atoms with Gasteiger partial charge in [0.05, 0.1) is 34.3 Å². The van der Waals surface area contributed by atoms with Gasteiger partial charge >= 0.3 is 0 Å². The van der Waals surface area contributed by atoms with E-state index in [-0.39, 0.29) is 18.0 Å². The largest absolute Gasteiger partial charge is 0.493 e. The van der Waals surface area contributed by atoms with Crippen molar-refractivity contribution in [1.82, 2.24) is 9.66 Å². The van der Waals surface area contributed by atoms with Gasteiger partial charge in [0.25, 0.3) is 5.56 Å². The first-order valence-corrected chi connectivity index (χ1v) is 14.4. The highest BCUT2D eigenvalue weighted by Crippen LogP contribution is 2.35. The quantitative estimate of drug-likeness (QED) is 0.157. The van der Waals surface area contributed by atoms with Gasteiger partial charge in [-0.2, -0.15) is 9.78 Å². The molecule has 0 fully saturated rings. The van der Waals surface area contributed by atoms with Gasteiger partial charge in [0, 0.05) is 20.4 Å². The van der Waals surface area contributed by atoms with Gasteiger partial charge < -0.3 is 13.9 Å². The Balaban J connectivity index is 1.47. The van der Waals surface area contributed by atoms with E-state index in [1.807, 2.05) is 12.1 Å². The Morgan fingerprint density at radius 3 is 2.64 bits per heavy atom. The molecule has 0 saturated carbocycles. The molecule has 2 aromatic heterocycles. The molecule has 0 aliphatic carbocycles. The number of methoxy groups -OCH3 is 1. The van der Waals surface area contributed by atoms with Crippen molar-refractivity contribution in [2.45, 2.75) is 6.61 Å². The van der Waals surface area contributed by atoms with Gasteiger partial charge in [0.15, 0.2) is 17.3 Å². The molecule has 6 aromatic rings. The summed E-state index contributed by atoms with van der Waals surface area (Å²) >= 11 is 21.9. The average molecular weight is 684 g/mol. The van der Waals surface area contributed by atoms with Crippen LogP contribution in [0.4, 0.5) is 0 Å². The number of para-hydroxylation sites is 1. The Morgan fingerprint density at radius 1 is 1.00 bits per heavy atom. The predicted octanol–water partition coefficient (Wildman–Crippen LogP) is 9.00. The van der Waals surface area contributed by atoms with Gasteiger partial charge in [-0.25, -0.2) is 4.98 Å². The lowest BCUT2D eigenvalue weighted by Gasteiger charge is -2.14. The number of halogens is 4. The van der Waals surface area contributed by atoms with Crippen molar-refractivity contribution in [2.24, 2.45) is 5.10 Å². The molecule has 0 atom stereocenters. The lowest BCUT2D eigenvalue weighted by Crippen LogP contribution is -2.20. The number of fused-ring (bicyclic) bond motifs is 2. The summed E-state index contributed by atoms with van der Waals surface area (Å²) in [5.41, 5.74) is 2.09. The molecule has 0 N–H and O–H groups in total. The van der Waals surface area contributed by atoms with Crippen molar-refractivity contribution in [2.75, 3.05) is 7.11 Å². The van der Waals surface area contributed by atoms with Crippen molar-refractivity contribution in [3.05, 3.63) is 120 Å². The summed E-state index contributed by atoms with van der Waals surface area (Å²) in [6, 6.07) is 22.9. The number of aromatic nitrogens is 2. The van der Waals surface area contributed by atoms with Crippen LogP contribution in [-0.2, 0) is 6.61 Å². The number of hydrogen-bond donors (Lipinski definition) is 0. The van der Waals surface area contributed by atoms with E-state index in [1.54, 1.807) is 73.8 Å². The molecule has 0 bridgehead atoms. The number of benzene rings is 4. The van der Waals surface area contributed by atoms with Crippen molar-refractivity contribution in [3.63, 3.8) is 0 Å². The number of hydrogen-bond acceptors (Lipinski definition) is 6. The molecule has 11 heteroatoms. The van der Waals surface area contributed by atoms with Crippen molar-refractivity contribution < 1.29 is 13.9 Å². The second-order valence-corrected chi connectivity index (χ2v) is 11.3. The molecule has 0 aliphatic heterocycles. The highest BCUT2D eigenvalue weighted by molar-refractivity contribution is 9.10. The average Bonchev–Trinajstić information content (AvgIpc) is 3.40. The maximum atomic E-state index is 13.7. The zero-order valence-electron chi connectivity index (χ0n) is 21.8. The standard InChI is InChI=1S/C31H19BrCl3N3O4/c1-40-27-14-20(32)11-19(29(27)41-16-17-6-8-23(34)24(35)10-17)15-36-38-30(37-25-5-3-2-4-22(25)31(38)39)28-13-18-12-21(33)7-9-26(18)42-28/h2-15H,16H2,1H3. The first kappa shape index (κ1) is 28.3. The maximum absolute atomic E-state index is 13.7. The van der Waals surface area contributed by atoms with E-state index in [1.165, 1.54) is 10.9 Å². The van der Waals surface area contributed by atoms with Crippen LogP contribution in [0.3, 0.4) is 0 Å². The smallest absolute Gasteiger partial charge is 0.282 e. The van der Waals surface area contributed by atoms with E-state index in [0.29, 0.717) is 54.4 Å². The summed E-state index contributed by atoms with van der Waals surface area (Å²) < 4.78 is 19.8. The summed E-state index contributed by atoms with van der Waals surface area (Å²) in [5.74, 6) is 1.46. The third-order valence-electron chi connectivity index (χ3n) is 6.40. The molecule has 0 spiro atoms. The van der Waals surface area contributed by atoms with Crippen LogP contribution in [0.25, 0.3) is 33.5 Å². The Labute approximate surface area is 263 Å². The number of ether oxygens (including phenoxy) is 2. The van der Waals surface area contributed by atoms with E-state index < -0.39 is 0 Å². The molecular weight excluding hydrogens is 665 g/mol. The molecule has 2 heterocycles. The van der Waals surface area contributed by atoms with Crippen LogP contribution >= 0.6 is 50.7 Å². The Kier molecular flexibility index (Phi) is 7.96. The first-order chi connectivity index (χ1) is 20.3. The van der Waals surface area contributed by atoms with Gasteiger partial charge in [-0.05, 0) is 66.2 Å². The van der Waals surface area contributed by atoms with E-state index in [0.717, 1.165) is 15.4 Å². The molecule has 210 valence electrons. The van der Waals surface area contributed by atoms with Gasteiger partial charge in [-0.3, -0.25) is 4.79 Å². The fourth-order valence-corrected chi connectivity index (χ4v) is 5.37. The summed E-state index contributed by atoms with van der Waals surface area (Å²) in [5, 5.41) is 7.19. The van der Waals surface area contributed by atoms with E-state index >= 15 is 0 Å². The summed E-state index contributed by atoms with van der Waals surface area (Å²) in [4.78, 5) is 18.5. The third kappa shape index (κ3) is 5.63. The SMILES string of the molecule is COc1cc(Br)cc(C=Nn2c(-c3cc4cc(Cl)ccc4o3)nc3ccccc3c2=O)c1OCc1ccc(Cl)c(Cl)c1. The number of rotatable bonds is 7. The molecule has 4 aromatic carbocycles. The second-order valence-electron chi connectivity index (χ2n) is 9.17. The Morgan fingerprint density at radius 2 is 1.83 bits per heavy atom. The molecule has 0 unspecified atom stereocenters. The highest BCUT2D eigenvalue weighted by atomic mass is 79.9. The minimum Gasteiger partial charge on any atom is -0.493 e. The minimum atomic E-state index is -0.370. The van der Waals surface area contributed by atoms with Gasteiger partial charge in [0.1, 0.15) is 12.2 Å². The molecular formula is C31H19BrCl3N3O4. The summed E-state index contributed by atoms with van der Waals surface area (Å²) in [6.07, 6.45) is 1.51. The monoisotopic (exact) mass is 681 g/mol. The normalized spacial score (nSPS) is 11.5. The van der Waals surface area contributed by atoms with Crippen LogP contribution in [0, 0.1) is 0 Å². The highest BCUT2D eigenvalue weighted by Gasteiger charge is 2.18. The van der Waals surface area contributed by atoms with Gasteiger partial charge in [-0.15, -0.1) is 0 Å². The van der Waals surface area contributed by atoms with E-state index in [9.17, 15) is 4.79 Å². The number of nitrogens with zero attached hydrogens (tertiary/aromatic N) is 3. The van der Waals surface area contributed by atoms with Crippen molar-refractivity contribution in [1.29, 1.82) is 0 Å². The zero-order valence-corrected chi connectivity index (χ0v) is 25.6.